The molecule has 25 heavy (non-hydrogen) atoms. The molecule has 1 saturated heterocycles. The van der Waals surface area contributed by atoms with Crippen molar-refractivity contribution in [1.29, 1.82) is 0 Å². The Morgan fingerprint density at radius 1 is 1.28 bits per heavy atom. The molecule has 0 spiro atoms. The van der Waals surface area contributed by atoms with Crippen LogP contribution in [0.3, 0.4) is 0 Å². The van der Waals surface area contributed by atoms with Gasteiger partial charge in [0.1, 0.15) is 5.82 Å². The van der Waals surface area contributed by atoms with Gasteiger partial charge in [0.05, 0.1) is 11.4 Å². The summed E-state index contributed by atoms with van der Waals surface area (Å²) < 4.78 is 14.7. The number of aromatic nitrogens is 2. The first kappa shape index (κ1) is 17.1. The molecule has 6 nitrogen and oxygen atoms in total. The lowest BCUT2D eigenvalue weighted by atomic mass is 9.90. The number of carbonyl (C=O) groups is 2. The van der Waals surface area contributed by atoms with Gasteiger partial charge in [-0.05, 0) is 44.0 Å². The summed E-state index contributed by atoms with van der Waals surface area (Å²) in [6.45, 7) is 2.80. The Kier molecular flexibility index (Phi) is 4.83. The van der Waals surface area contributed by atoms with Crippen molar-refractivity contribution in [3.63, 3.8) is 0 Å². The number of amides is 2. The summed E-state index contributed by atoms with van der Waals surface area (Å²) in [4.78, 5) is 26.8. The zero-order chi connectivity index (χ0) is 18.0. The Morgan fingerprint density at radius 3 is 2.64 bits per heavy atom. The highest BCUT2D eigenvalue weighted by molar-refractivity contribution is 5.98. The van der Waals surface area contributed by atoms with Gasteiger partial charge in [-0.15, -0.1) is 0 Å². The molecule has 2 amide bonds. The van der Waals surface area contributed by atoms with Crippen molar-refractivity contribution in [2.75, 3.05) is 18.4 Å². The maximum Gasteiger partial charge on any atom is 0.321 e. The molecule has 2 aromatic rings. The number of halogens is 1. The normalized spacial score (nSPS) is 17.4. The van der Waals surface area contributed by atoms with Gasteiger partial charge in [0.2, 0.25) is 0 Å². The number of anilines is 1. The first-order chi connectivity index (χ1) is 11.9. The van der Waals surface area contributed by atoms with Gasteiger partial charge < -0.3 is 10.2 Å². The lowest BCUT2D eigenvalue weighted by Crippen LogP contribution is -2.44. The second kappa shape index (κ2) is 7.04. The second-order valence-corrected chi connectivity index (χ2v) is 6.39. The number of hydrogen-bond donors (Lipinski definition) is 1. The SMILES string of the molecule is Cc1nn(C)cc1NC(=O)N1CCCC(C(=O)c2ccc(F)cc2)C1. The number of Topliss-reactive ketones (excluding diaryl/α,β-unsaturated/α-hetero) is 1. The summed E-state index contributed by atoms with van der Waals surface area (Å²) >= 11 is 0. The van der Waals surface area contributed by atoms with Gasteiger partial charge in [0.25, 0.3) is 0 Å². The number of ketones is 1. The number of nitrogens with one attached hydrogen (secondary N) is 1. The van der Waals surface area contributed by atoms with Crippen molar-refractivity contribution >= 4 is 17.5 Å². The monoisotopic (exact) mass is 344 g/mol. The summed E-state index contributed by atoms with van der Waals surface area (Å²) in [6, 6.07) is 5.33. The molecule has 1 unspecified atom stereocenters. The Morgan fingerprint density at radius 2 is 2.00 bits per heavy atom. The first-order valence-corrected chi connectivity index (χ1v) is 8.30. The molecule has 0 saturated carbocycles. The van der Waals surface area contributed by atoms with Gasteiger partial charge >= 0.3 is 6.03 Å². The predicted molar refractivity (Wildman–Crippen MR) is 92.0 cm³/mol. The van der Waals surface area contributed by atoms with E-state index in [1.807, 2.05) is 6.92 Å². The molecule has 1 aromatic carbocycles. The van der Waals surface area contributed by atoms with Crippen LogP contribution in [0.15, 0.2) is 30.5 Å². The minimum absolute atomic E-state index is 0.0462. The maximum atomic E-state index is 13.0. The Balaban J connectivity index is 1.66. The number of likely N-dealkylation sites (tertiary alicyclic amines) is 1. The average Bonchev–Trinajstić information content (AvgIpc) is 2.92. The molecule has 3 rings (SSSR count). The smallest absolute Gasteiger partial charge is 0.321 e. The molecular formula is C18H21FN4O2. The predicted octanol–water partition coefficient (Wildman–Crippen LogP) is 2.99. The van der Waals surface area contributed by atoms with Gasteiger partial charge in [0, 0.05) is 37.8 Å². The van der Waals surface area contributed by atoms with Crippen molar-refractivity contribution in [3.05, 3.63) is 47.5 Å². The number of urea groups is 1. The van der Waals surface area contributed by atoms with E-state index >= 15 is 0 Å². The zero-order valence-corrected chi connectivity index (χ0v) is 14.3. The number of aryl methyl sites for hydroxylation is 2. The number of carbonyl (C=O) groups excluding carboxylic acids is 2. The summed E-state index contributed by atoms with van der Waals surface area (Å²) in [6.07, 6.45) is 3.24. The minimum atomic E-state index is -0.368. The molecule has 1 N–H and O–H groups in total. The van der Waals surface area contributed by atoms with E-state index in [1.54, 1.807) is 22.8 Å². The summed E-state index contributed by atoms with van der Waals surface area (Å²) in [7, 11) is 1.79. The van der Waals surface area contributed by atoms with E-state index < -0.39 is 0 Å². The average molecular weight is 344 g/mol. The zero-order valence-electron chi connectivity index (χ0n) is 14.3. The lowest BCUT2D eigenvalue weighted by Gasteiger charge is -2.32. The van der Waals surface area contributed by atoms with Gasteiger partial charge in [-0.25, -0.2) is 9.18 Å². The fourth-order valence-corrected chi connectivity index (χ4v) is 3.14. The molecule has 1 aromatic heterocycles. The second-order valence-electron chi connectivity index (χ2n) is 6.39. The van der Waals surface area contributed by atoms with Gasteiger partial charge in [-0.1, -0.05) is 0 Å². The van der Waals surface area contributed by atoms with Crippen LogP contribution < -0.4 is 5.32 Å². The molecular weight excluding hydrogens is 323 g/mol. The maximum absolute atomic E-state index is 13.0. The van der Waals surface area contributed by atoms with Crippen LogP contribution in [0.5, 0.6) is 0 Å². The van der Waals surface area contributed by atoms with Crippen molar-refractivity contribution in [2.24, 2.45) is 13.0 Å². The highest BCUT2D eigenvalue weighted by Gasteiger charge is 2.29. The number of hydrogen-bond acceptors (Lipinski definition) is 3. The molecule has 1 fully saturated rings. The van der Waals surface area contributed by atoms with Gasteiger partial charge in [-0.2, -0.15) is 5.10 Å². The molecule has 1 aliphatic heterocycles. The van der Waals surface area contributed by atoms with Crippen LogP contribution in [0.4, 0.5) is 14.9 Å². The van der Waals surface area contributed by atoms with Crippen molar-refractivity contribution in [3.8, 4) is 0 Å². The largest absolute Gasteiger partial charge is 0.324 e. The standard InChI is InChI=1S/C18H21FN4O2/c1-12-16(11-22(2)21-12)20-18(25)23-9-3-4-14(10-23)17(24)13-5-7-15(19)8-6-13/h5-8,11,14H,3-4,9-10H2,1-2H3,(H,20,25). The fraction of sp³-hybridized carbons (Fsp3) is 0.389. The molecule has 0 aliphatic carbocycles. The lowest BCUT2D eigenvalue weighted by molar-refractivity contribution is 0.0851. The van der Waals surface area contributed by atoms with Crippen LogP contribution in [0.25, 0.3) is 0 Å². The molecule has 0 bridgehead atoms. The summed E-state index contributed by atoms with van der Waals surface area (Å²) in [5.41, 5.74) is 1.89. The Bertz CT molecular complexity index is 785. The van der Waals surface area contributed by atoms with Gasteiger partial charge in [-0.3, -0.25) is 9.48 Å². The van der Waals surface area contributed by atoms with Crippen molar-refractivity contribution in [1.82, 2.24) is 14.7 Å². The van der Waals surface area contributed by atoms with E-state index in [-0.39, 0.29) is 23.5 Å². The first-order valence-electron chi connectivity index (χ1n) is 8.30. The van der Waals surface area contributed by atoms with Crippen LogP contribution in [0, 0.1) is 18.7 Å². The van der Waals surface area contributed by atoms with Crippen LogP contribution in [-0.4, -0.2) is 39.6 Å². The Hall–Kier alpha value is -2.70. The molecule has 7 heteroatoms. The van der Waals surface area contributed by atoms with Gasteiger partial charge in [0.15, 0.2) is 5.78 Å². The van der Waals surface area contributed by atoms with E-state index in [0.29, 0.717) is 24.3 Å². The van der Waals surface area contributed by atoms with Crippen molar-refractivity contribution in [2.45, 2.75) is 19.8 Å². The van der Waals surface area contributed by atoms with Crippen LogP contribution in [0.2, 0.25) is 0 Å². The topological polar surface area (TPSA) is 67.2 Å². The minimum Gasteiger partial charge on any atom is -0.324 e. The van der Waals surface area contributed by atoms with E-state index in [2.05, 4.69) is 10.4 Å². The van der Waals surface area contributed by atoms with E-state index in [1.165, 1.54) is 24.3 Å². The number of piperidine rings is 1. The summed E-state index contributed by atoms with van der Waals surface area (Å²) in [5, 5.41) is 7.05. The number of rotatable bonds is 3. The molecule has 0 radical (unpaired) electrons. The molecule has 2 heterocycles. The van der Waals surface area contributed by atoms with E-state index in [0.717, 1.165) is 18.5 Å². The van der Waals surface area contributed by atoms with E-state index in [4.69, 9.17) is 0 Å². The third-order valence-corrected chi connectivity index (χ3v) is 4.46. The highest BCUT2D eigenvalue weighted by atomic mass is 19.1. The highest BCUT2D eigenvalue weighted by Crippen LogP contribution is 2.22. The van der Waals surface area contributed by atoms with E-state index in [9.17, 15) is 14.0 Å². The van der Waals surface area contributed by atoms with Crippen molar-refractivity contribution < 1.29 is 14.0 Å². The van der Waals surface area contributed by atoms with Crippen LogP contribution >= 0.6 is 0 Å². The number of benzene rings is 1. The van der Waals surface area contributed by atoms with Crippen LogP contribution in [0.1, 0.15) is 28.9 Å². The molecule has 1 atom stereocenters. The third-order valence-electron chi connectivity index (χ3n) is 4.46. The Labute approximate surface area is 145 Å². The number of nitrogens with zero attached hydrogens (tertiary/aromatic N) is 3. The summed E-state index contributed by atoms with van der Waals surface area (Å²) in [5.74, 6) is -0.678. The third kappa shape index (κ3) is 3.87. The fourth-order valence-electron chi connectivity index (χ4n) is 3.14. The quantitative estimate of drug-likeness (QED) is 0.871. The molecule has 132 valence electrons. The van der Waals surface area contributed by atoms with Crippen LogP contribution in [-0.2, 0) is 7.05 Å². The molecule has 1 aliphatic rings.